The molecule has 1 unspecified atom stereocenters. The van der Waals surface area contributed by atoms with E-state index in [0.29, 0.717) is 11.1 Å². The number of hydrogen-bond acceptors (Lipinski definition) is 2. The average Bonchev–Trinajstić information content (AvgIpc) is 3.36. The molecule has 32 heavy (non-hydrogen) atoms. The first-order valence-corrected chi connectivity index (χ1v) is 10.4. The van der Waals surface area contributed by atoms with Gasteiger partial charge in [-0.15, -0.1) is 0 Å². The quantitative estimate of drug-likeness (QED) is 0.447. The summed E-state index contributed by atoms with van der Waals surface area (Å²) in [6.45, 7) is 1.90. The standard InChI is InChI=1S/C26H22N4O2/c1-18-23(26(32)28-30(18)21-15-9-4-10-16-21)24(19-11-5-2-6-12-19)22-17-29(27-25(22)31)20-13-7-3-8-14-20/h2-17,24H,1H3,(H,27,31)(H,28,32). The first kappa shape index (κ1) is 19.6. The normalized spacial score (nSPS) is 12.0. The Morgan fingerprint density at radius 1 is 0.688 bits per heavy atom. The Morgan fingerprint density at radius 2 is 1.25 bits per heavy atom. The maximum Gasteiger partial charge on any atom is 0.268 e. The number of benzene rings is 3. The highest BCUT2D eigenvalue weighted by Crippen LogP contribution is 2.31. The van der Waals surface area contributed by atoms with Crippen LogP contribution in [-0.4, -0.2) is 19.6 Å². The molecule has 2 heterocycles. The molecule has 5 rings (SSSR count). The lowest BCUT2D eigenvalue weighted by Crippen LogP contribution is -2.19. The summed E-state index contributed by atoms with van der Waals surface area (Å²) in [7, 11) is 0. The van der Waals surface area contributed by atoms with Gasteiger partial charge in [-0.05, 0) is 36.8 Å². The summed E-state index contributed by atoms with van der Waals surface area (Å²) in [6.07, 6.45) is 1.79. The highest BCUT2D eigenvalue weighted by molar-refractivity contribution is 5.46. The fraction of sp³-hybridized carbons (Fsp3) is 0.0769. The molecule has 5 aromatic rings. The Kier molecular flexibility index (Phi) is 4.95. The van der Waals surface area contributed by atoms with Gasteiger partial charge in [0.1, 0.15) is 0 Å². The van der Waals surface area contributed by atoms with E-state index in [1.807, 2.05) is 97.9 Å². The summed E-state index contributed by atoms with van der Waals surface area (Å²) in [6, 6.07) is 28.9. The topological polar surface area (TPSA) is 75.6 Å². The minimum atomic E-state index is -0.515. The molecule has 2 aromatic heterocycles. The molecule has 3 aromatic carbocycles. The summed E-state index contributed by atoms with van der Waals surface area (Å²) in [5, 5.41) is 5.85. The lowest BCUT2D eigenvalue weighted by Gasteiger charge is -2.15. The number of aromatic nitrogens is 4. The van der Waals surface area contributed by atoms with Crippen molar-refractivity contribution in [2.24, 2.45) is 0 Å². The Bertz CT molecular complexity index is 1460. The first-order valence-electron chi connectivity index (χ1n) is 10.4. The SMILES string of the molecule is Cc1c(C(c2ccccc2)c2cn(-c3ccccc3)[nH]c2=O)c(=O)[nH]n1-c1ccccc1. The summed E-state index contributed by atoms with van der Waals surface area (Å²) >= 11 is 0. The van der Waals surface area contributed by atoms with Crippen molar-refractivity contribution in [1.82, 2.24) is 19.6 Å². The van der Waals surface area contributed by atoms with E-state index in [1.54, 1.807) is 15.6 Å². The van der Waals surface area contributed by atoms with Crippen LogP contribution >= 0.6 is 0 Å². The van der Waals surface area contributed by atoms with Gasteiger partial charge in [-0.2, -0.15) is 0 Å². The highest BCUT2D eigenvalue weighted by Gasteiger charge is 2.28. The van der Waals surface area contributed by atoms with Crippen molar-refractivity contribution in [3.8, 4) is 11.4 Å². The maximum absolute atomic E-state index is 13.2. The molecule has 0 radical (unpaired) electrons. The van der Waals surface area contributed by atoms with Crippen LogP contribution in [0.2, 0.25) is 0 Å². The average molecular weight is 422 g/mol. The van der Waals surface area contributed by atoms with Crippen LogP contribution in [0.15, 0.2) is 107 Å². The molecule has 1 atom stereocenters. The fourth-order valence-electron chi connectivity index (χ4n) is 4.19. The molecule has 0 spiro atoms. The van der Waals surface area contributed by atoms with E-state index in [4.69, 9.17) is 0 Å². The second kappa shape index (κ2) is 8.07. The zero-order valence-corrected chi connectivity index (χ0v) is 17.5. The first-order chi connectivity index (χ1) is 15.6. The zero-order valence-electron chi connectivity index (χ0n) is 17.5. The third-order valence-corrected chi connectivity index (χ3v) is 5.72. The van der Waals surface area contributed by atoms with Gasteiger partial charge < -0.3 is 0 Å². The Labute approximate surface area is 184 Å². The fourth-order valence-corrected chi connectivity index (χ4v) is 4.19. The van der Waals surface area contributed by atoms with Crippen molar-refractivity contribution in [2.45, 2.75) is 12.8 Å². The van der Waals surface area contributed by atoms with Crippen LogP contribution < -0.4 is 11.1 Å². The highest BCUT2D eigenvalue weighted by atomic mass is 16.1. The predicted octanol–water partition coefficient (Wildman–Crippen LogP) is 4.13. The number of nitrogens with zero attached hydrogens (tertiary/aromatic N) is 2. The van der Waals surface area contributed by atoms with E-state index in [0.717, 1.165) is 22.6 Å². The van der Waals surface area contributed by atoms with E-state index in [1.165, 1.54) is 0 Å². The number of para-hydroxylation sites is 2. The van der Waals surface area contributed by atoms with Crippen molar-refractivity contribution in [1.29, 1.82) is 0 Å². The molecule has 0 saturated carbocycles. The van der Waals surface area contributed by atoms with Gasteiger partial charge in [0.15, 0.2) is 0 Å². The third-order valence-electron chi connectivity index (χ3n) is 5.72. The Balaban J connectivity index is 1.72. The molecule has 0 aliphatic heterocycles. The molecule has 2 N–H and O–H groups in total. The second-order valence-electron chi connectivity index (χ2n) is 7.69. The molecule has 6 nitrogen and oxygen atoms in total. The van der Waals surface area contributed by atoms with Crippen LogP contribution in [0.4, 0.5) is 0 Å². The van der Waals surface area contributed by atoms with Crippen molar-refractivity contribution in [3.63, 3.8) is 0 Å². The molecular formula is C26H22N4O2. The van der Waals surface area contributed by atoms with Gasteiger partial charge in [0.05, 0.1) is 16.9 Å². The van der Waals surface area contributed by atoms with Crippen LogP contribution in [-0.2, 0) is 0 Å². The van der Waals surface area contributed by atoms with Crippen molar-refractivity contribution < 1.29 is 0 Å². The van der Waals surface area contributed by atoms with Gasteiger partial charge in [0, 0.05) is 23.4 Å². The van der Waals surface area contributed by atoms with Crippen molar-refractivity contribution in [2.75, 3.05) is 0 Å². The number of nitrogens with one attached hydrogen (secondary N) is 2. The molecule has 158 valence electrons. The predicted molar refractivity (Wildman–Crippen MR) is 125 cm³/mol. The lowest BCUT2D eigenvalue weighted by molar-refractivity contribution is 0.832. The van der Waals surface area contributed by atoms with Gasteiger partial charge in [-0.1, -0.05) is 66.7 Å². The van der Waals surface area contributed by atoms with E-state index in [9.17, 15) is 9.59 Å². The second-order valence-corrected chi connectivity index (χ2v) is 7.69. The molecule has 6 heteroatoms. The van der Waals surface area contributed by atoms with Gasteiger partial charge in [0.25, 0.3) is 11.1 Å². The molecule has 0 aliphatic carbocycles. The molecule has 0 aliphatic rings. The minimum absolute atomic E-state index is 0.216. The van der Waals surface area contributed by atoms with Crippen LogP contribution in [0.1, 0.15) is 28.3 Å². The Morgan fingerprint density at radius 3 is 1.88 bits per heavy atom. The Hall–Kier alpha value is -4.32. The summed E-state index contributed by atoms with van der Waals surface area (Å²) in [4.78, 5) is 26.3. The van der Waals surface area contributed by atoms with Crippen LogP contribution in [0.5, 0.6) is 0 Å². The van der Waals surface area contributed by atoms with Crippen LogP contribution in [0.25, 0.3) is 11.4 Å². The van der Waals surface area contributed by atoms with Crippen molar-refractivity contribution in [3.05, 3.63) is 140 Å². The summed E-state index contributed by atoms with van der Waals surface area (Å²) in [5.74, 6) is -0.515. The largest absolute Gasteiger partial charge is 0.268 e. The van der Waals surface area contributed by atoms with Gasteiger partial charge in [0.2, 0.25) is 0 Å². The molecular weight excluding hydrogens is 400 g/mol. The van der Waals surface area contributed by atoms with E-state index >= 15 is 0 Å². The van der Waals surface area contributed by atoms with Gasteiger partial charge in [-0.3, -0.25) is 29.2 Å². The minimum Gasteiger partial charge on any atom is -0.268 e. The van der Waals surface area contributed by atoms with Crippen molar-refractivity contribution >= 4 is 0 Å². The van der Waals surface area contributed by atoms with Crippen LogP contribution in [0, 0.1) is 6.92 Å². The number of rotatable bonds is 5. The van der Waals surface area contributed by atoms with Gasteiger partial charge in [-0.25, -0.2) is 0 Å². The number of aromatic amines is 2. The summed E-state index contributed by atoms with van der Waals surface area (Å²) in [5.41, 5.74) is 3.97. The molecule has 0 amide bonds. The monoisotopic (exact) mass is 422 g/mol. The third kappa shape index (κ3) is 3.41. The van der Waals surface area contributed by atoms with E-state index in [2.05, 4.69) is 10.2 Å². The lowest BCUT2D eigenvalue weighted by atomic mass is 9.87. The van der Waals surface area contributed by atoms with Gasteiger partial charge >= 0.3 is 0 Å². The zero-order chi connectivity index (χ0) is 22.1. The maximum atomic E-state index is 13.2. The summed E-state index contributed by atoms with van der Waals surface area (Å²) < 4.78 is 3.47. The smallest absolute Gasteiger partial charge is 0.268 e. The molecule has 0 bridgehead atoms. The number of hydrogen-bond donors (Lipinski definition) is 2. The van der Waals surface area contributed by atoms with Crippen LogP contribution in [0.3, 0.4) is 0 Å². The molecule has 0 fully saturated rings. The molecule has 0 saturated heterocycles. The number of H-pyrrole nitrogens is 2. The van der Waals surface area contributed by atoms with E-state index < -0.39 is 5.92 Å². The van der Waals surface area contributed by atoms with E-state index in [-0.39, 0.29) is 11.1 Å².